The van der Waals surface area contributed by atoms with E-state index >= 15 is 0 Å². The van der Waals surface area contributed by atoms with Gasteiger partial charge >= 0.3 is 0 Å². The van der Waals surface area contributed by atoms with E-state index in [9.17, 15) is 0 Å². The quantitative estimate of drug-likeness (QED) is 0.169. The van der Waals surface area contributed by atoms with Crippen LogP contribution in [0.15, 0.2) is 167 Å². The van der Waals surface area contributed by atoms with Crippen molar-refractivity contribution in [2.24, 2.45) is 0 Å². The fourth-order valence-electron chi connectivity index (χ4n) is 10.4. The lowest BCUT2D eigenvalue weighted by molar-refractivity contribution is 0.614. The van der Waals surface area contributed by atoms with Gasteiger partial charge in [0.1, 0.15) is 16.7 Å². The summed E-state index contributed by atoms with van der Waals surface area (Å²) in [6.07, 6.45) is 0. The van der Waals surface area contributed by atoms with Crippen LogP contribution in [0.4, 0.5) is 0 Å². The van der Waals surface area contributed by atoms with Crippen molar-refractivity contribution in [1.82, 2.24) is 4.98 Å². The maximum Gasteiger partial charge on any atom is 0.231 e. The molecule has 3 nitrogen and oxygen atoms in total. The highest BCUT2D eigenvalue weighted by molar-refractivity contribution is 6.22. The molecule has 12 rings (SSSR count). The predicted molar refractivity (Wildman–Crippen MR) is 233 cm³/mol. The molecule has 10 aromatic rings. The second-order valence-electron chi connectivity index (χ2n) is 17.0. The van der Waals surface area contributed by atoms with Gasteiger partial charge in [0.15, 0.2) is 5.58 Å². The van der Waals surface area contributed by atoms with E-state index in [-0.39, 0.29) is 16.7 Å². The number of hydrogen-bond donors (Lipinski definition) is 0. The Balaban J connectivity index is 1.14. The van der Waals surface area contributed by atoms with Gasteiger partial charge in [-0.25, -0.2) is 4.98 Å². The monoisotopic (exact) mass is 733 g/mol. The predicted octanol–water partition coefficient (Wildman–Crippen LogP) is 14.3. The van der Waals surface area contributed by atoms with Crippen molar-refractivity contribution in [3.8, 4) is 33.7 Å². The minimum absolute atomic E-state index is 0.108. The van der Waals surface area contributed by atoms with E-state index in [0.29, 0.717) is 5.89 Å². The minimum atomic E-state index is -0.132. The van der Waals surface area contributed by atoms with E-state index in [0.717, 1.165) is 54.9 Å². The van der Waals surface area contributed by atoms with Crippen molar-refractivity contribution >= 4 is 43.8 Å². The highest BCUT2D eigenvalue weighted by Crippen LogP contribution is 2.53. The molecule has 2 aromatic heterocycles. The molecule has 0 fully saturated rings. The molecule has 2 heterocycles. The summed E-state index contributed by atoms with van der Waals surface area (Å²) in [5.74, 6) is 0.452. The van der Waals surface area contributed by atoms with Gasteiger partial charge in [0, 0.05) is 33.1 Å². The van der Waals surface area contributed by atoms with Gasteiger partial charge in [-0.15, -0.1) is 0 Å². The summed E-state index contributed by atoms with van der Waals surface area (Å²) in [6.45, 7) is 9.46. The van der Waals surface area contributed by atoms with Gasteiger partial charge in [-0.05, 0) is 84.6 Å². The standard InChI is InChI=1S/C54H39NO2/c1-53(2)42-20-9-7-16-35(42)37-26-24-32(29-44(37)53)48(33-25-27-38-36-17-8-10-21-43(36)54(3,4)45(38)30-33)39-18-13-19-40-49-34-15-6-5-14-31(34)28-41(51(49)57-50(39)40)52-55-46-22-11-12-23-47(46)56-52/h5-30,48H,1-4H3. The van der Waals surface area contributed by atoms with Gasteiger partial charge in [-0.2, -0.15) is 0 Å². The summed E-state index contributed by atoms with van der Waals surface area (Å²) in [7, 11) is 0. The first-order chi connectivity index (χ1) is 27.8. The third-order valence-electron chi connectivity index (χ3n) is 13.2. The zero-order valence-electron chi connectivity index (χ0n) is 32.4. The molecule has 0 aliphatic heterocycles. The molecule has 0 atom stereocenters. The first-order valence-corrected chi connectivity index (χ1v) is 20.0. The molecule has 3 heteroatoms. The molecule has 0 spiro atoms. The van der Waals surface area contributed by atoms with Crippen molar-refractivity contribution < 1.29 is 8.83 Å². The zero-order valence-corrected chi connectivity index (χ0v) is 32.4. The Kier molecular flexibility index (Phi) is 6.52. The van der Waals surface area contributed by atoms with Crippen molar-refractivity contribution in [3.63, 3.8) is 0 Å². The van der Waals surface area contributed by atoms with E-state index in [1.807, 2.05) is 24.3 Å². The van der Waals surface area contributed by atoms with Crippen LogP contribution in [0.5, 0.6) is 0 Å². The fraction of sp³-hybridized carbons (Fsp3) is 0.130. The second kappa shape index (κ2) is 11.4. The molecule has 2 aliphatic carbocycles. The third-order valence-corrected chi connectivity index (χ3v) is 13.2. The van der Waals surface area contributed by atoms with E-state index in [4.69, 9.17) is 13.8 Å². The van der Waals surface area contributed by atoms with Gasteiger partial charge in [0.05, 0.1) is 5.56 Å². The topological polar surface area (TPSA) is 39.2 Å². The van der Waals surface area contributed by atoms with E-state index in [1.54, 1.807) is 0 Å². The summed E-state index contributed by atoms with van der Waals surface area (Å²) in [5.41, 5.74) is 18.3. The van der Waals surface area contributed by atoms with Crippen LogP contribution in [-0.2, 0) is 10.8 Å². The van der Waals surface area contributed by atoms with Crippen LogP contribution in [0.3, 0.4) is 0 Å². The van der Waals surface area contributed by atoms with Crippen LogP contribution >= 0.6 is 0 Å². The number of oxazole rings is 1. The Hall–Kier alpha value is -6.71. The molecular formula is C54H39NO2. The summed E-state index contributed by atoms with van der Waals surface area (Å²) in [4.78, 5) is 4.96. The average Bonchev–Trinajstić information content (AvgIpc) is 3.97. The molecule has 0 saturated heterocycles. The van der Waals surface area contributed by atoms with Crippen molar-refractivity contribution in [2.75, 3.05) is 0 Å². The van der Waals surface area contributed by atoms with Crippen LogP contribution in [0.25, 0.3) is 77.5 Å². The van der Waals surface area contributed by atoms with Crippen LogP contribution in [0.1, 0.15) is 72.6 Å². The van der Waals surface area contributed by atoms with Crippen molar-refractivity contribution in [1.29, 1.82) is 0 Å². The molecule has 2 aliphatic rings. The Morgan fingerprint density at radius 2 is 1.04 bits per heavy atom. The summed E-state index contributed by atoms with van der Waals surface area (Å²) >= 11 is 0. The zero-order chi connectivity index (χ0) is 38.2. The molecule has 8 aromatic carbocycles. The highest BCUT2D eigenvalue weighted by Gasteiger charge is 2.38. The largest absolute Gasteiger partial charge is 0.455 e. The van der Waals surface area contributed by atoms with Crippen LogP contribution in [0, 0.1) is 0 Å². The first kappa shape index (κ1) is 32.5. The lowest BCUT2D eigenvalue weighted by Crippen LogP contribution is -2.17. The molecule has 0 radical (unpaired) electrons. The Morgan fingerprint density at radius 3 is 1.72 bits per heavy atom. The smallest absolute Gasteiger partial charge is 0.231 e. The highest BCUT2D eigenvalue weighted by atomic mass is 16.4. The molecule has 0 amide bonds. The summed E-state index contributed by atoms with van der Waals surface area (Å²) in [6, 6.07) is 57.6. The molecule has 0 N–H and O–H groups in total. The van der Waals surface area contributed by atoms with Gasteiger partial charge in [0.25, 0.3) is 0 Å². The Morgan fingerprint density at radius 1 is 0.456 bits per heavy atom. The molecule has 0 unspecified atom stereocenters. The van der Waals surface area contributed by atoms with Gasteiger partial charge < -0.3 is 8.83 Å². The number of rotatable bonds is 4. The summed E-state index contributed by atoms with van der Waals surface area (Å²) < 4.78 is 13.7. The second-order valence-corrected chi connectivity index (χ2v) is 17.0. The molecule has 0 saturated carbocycles. The summed E-state index contributed by atoms with van der Waals surface area (Å²) in [5, 5.41) is 4.43. The van der Waals surface area contributed by atoms with Crippen LogP contribution < -0.4 is 0 Å². The van der Waals surface area contributed by atoms with Gasteiger partial charge in [-0.1, -0.05) is 167 Å². The van der Waals surface area contributed by atoms with Crippen molar-refractivity contribution in [2.45, 2.75) is 44.4 Å². The molecule has 272 valence electrons. The van der Waals surface area contributed by atoms with Gasteiger partial charge in [0.2, 0.25) is 5.89 Å². The third kappa shape index (κ3) is 4.46. The maximum atomic E-state index is 7.27. The van der Waals surface area contributed by atoms with E-state index < -0.39 is 0 Å². The number of furan rings is 1. The number of benzene rings is 8. The van der Waals surface area contributed by atoms with E-state index in [1.165, 1.54) is 55.6 Å². The number of hydrogen-bond acceptors (Lipinski definition) is 3. The van der Waals surface area contributed by atoms with Crippen LogP contribution in [-0.4, -0.2) is 4.98 Å². The normalized spacial score (nSPS) is 14.8. The lowest BCUT2D eigenvalue weighted by Gasteiger charge is -2.26. The first-order valence-electron chi connectivity index (χ1n) is 20.0. The maximum absolute atomic E-state index is 7.27. The van der Waals surface area contributed by atoms with Gasteiger partial charge in [-0.3, -0.25) is 0 Å². The van der Waals surface area contributed by atoms with E-state index in [2.05, 4.69) is 161 Å². The minimum Gasteiger partial charge on any atom is -0.455 e. The average molecular weight is 734 g/mol. The number of para-hydroxylation sites is 3. The molecular weight excluding hydrogens is 695 g/mol. The lowest BCUT2D eigenvalue weighted by atomic mass is 9.77. The fourth-order valence-corrected chi connectivity index (χ4v) is 10.4. The molecule has 57 heavy (non-hydrogen) atoms. The Labute approximate surface area is 331 Å². The van der Waals surface area contributed by atoms with Crippen molar-refractivity contribution in [3.05, 3.63) is 197 Å². The Bertz CT molecular complexity index is 3180. The number of fused-ring (bicyclic) bond motifs is 12. The van der Waals surface area contributed by atoms with Crippen LogP contribution in [0.2, 0.25) is 0 Å². The number of nitrogens with zero attached hydrogens (tertiary/aromatic N) is 1. The molecule has 0 bridgehead atoms. The SMILES string of the molecule is CC1(C)c2ccccc2-c2ccc(C(c3ccc4c(c3)C(C)(C)c3ccccc3-4)c3cccc4c3oc3c(-c5nc6ccccc6o5)cc5ccccc5c34)cc21. The number of aromatic nitrogens is 1.